The normalized spacial score (nSPS) is 9.77. The average Bonchev–Trinajstić information content (AvgIpc) is 2.02. The molecule has 0 bridgehead atoms. The number of aromatic carboxylic acids is 1. The van der Waals surface area contributed by atoms with E-state index in [1.54, 1.807) is 0 Å². The van der Waals surface area contributed by atoms with Crippen LogP contribution in [-0.4, -0.2) is 28.2 Å². The molecule has 0 aliphatic carbocycles. The SMILES string of the molecule is O=C(O)c1cccc(F)c1B(O)O. The minimum absolute atomic E-state index is 0.449. The molecule has 13 heavy (non-hydrogen) atoms. The Morgan fingerprint density at radius 2 is 2.00 bits per heavy atom. The van der Waals surface area contributed by atoms with Crippen LogP contribution >= 0.6 is 0 Å². The molecule has 0 saturated heterocycles. The lowest BCUT2D eigenvalue weighted by molar-refractivity contribution is 0.0697. The van der Waals surface area contributed by atoms with E-state index in [4.69, 9.17) is 15.2 Å². The fourth-order valence-electron chi connectivity index (χ4n) is 0.986. The van der Waals surface area contributed by atoms with Gasteiger partial charge in [0.05, 0.1) is 5.56 Å². The number of carboxylic acid groups (broad SMARTS) is 1. The van der Waals surface area contributed by atoms with Crippen molar-refractivity contribution in [1.29, 1.82) is 0 Å². The fraction of sp³-hybridized carbons (Fsp3) is 0. The van der Waals surface area contributed by atoms with Crippen molar-refractivity contribution in [2.45, 2.75) is 0 Å². The Labute approximate surface area is 73.4 Å². The van der Waals surface area contributed by atoms with Gasteiger partial charge in [0.25, 0.3) is 0 Å². The molecule has 4 nitrogen and oxygen atoms in total. The van der Waals surface area contributed by atoms with E-state index in [1.165, 1.54) is 6.07 Å². The molecule has 1 aromatic carbocycles. The lowest BCUT2D eigenvalue weighted by Crippen LogP contribution is -2.37. The summed E-state index contributed by atoms with van der Waals surface area (Å²) >= 11 is 0. The lowest BCUT2D eigenvalue weighted by atomic mass is 9.76. The van der Waals surface area contributed by atoms with Gasteiger partial charge in [-0.25, -0.2) is 9.18 Å². The fourth-order valence-corrected chi connectivity index (χ4v) is 0.986. The largest absolute Gasteiger partial charge is 0.492 e. The molecule has 0 aromatic heterocycles. The van der Waals surface area contributed by atoms with E-state index in [-0.39, 0.29) is 0 Å². The Balaban J connectivity index is 3.34. The number of carbonyl (C=O) groups is 1. The number of rotatable bonds is 2. The number of benzene rings is 1. The molecule has 0 heterocycles. The summed E-state index contributed by atoms with van der Waals surface area (Å²) in [4.78, 5) is 10.5. The minimum atomic E-state index is -2.12. The van der Waals surface area contributed by atoms with Gasteiger partial charge in [-0.05, 0) is 12.1 Å². The third-order valence-electron chi connectivity index (χ3n) is 1.54. The molecule has 0 saturated carbocycles. The number of hydrogen-bond donors (Lipinski definition) is 3. The summed E-state index contributed by atoms with van der Waals surface area (Å²) in [6.07, 6.45) is 0. The van der Waals surface area contributed by atoms with Crippen LogP contribution in [0.2, 0.25) is 0 Å². The summed E-state index contributed by atoms with van der Waals surface area (Å²) in [5.74, 6) is -2.35. The molecular formula is C7H6BFO4. The van der Waals surface area contributed by atoms with Crippen LogP contribution in [-0.2, 0) is 0 Å². The second-order valence-corrected chi connectivity index (χ2v) is 2.38. The van der Waals surface area contributed by atoms with Crippen molar-refractivity contribution in [1.82, 2.24) is 0 Å². The van der Waals surface area contributed by atoms with Gasteiger partial charge in [-0.15, -0.1) is 0 Å². The number of carboxylic acids is 1. The summed E-state index contributed by atoms with van der Waals surface area (Å²) in [5.41, 5.74) is -1.06. The lowest BCUT2D eigenvalue weighted by Gasteiger charge is -2.04. The van der Waals surface area contributed by atoms with Crippen LogP contribution in [0.25, 0.3) is 0 Å². The van der Waals surface area contributed by atoms with E-state index in [0.29, 0.717) is 0 Å². The predicted octanol–water partition coefficient (Wildman–Crippen LogP) is -0.796. The standard InChI is InChI=1S/C7H6BFO4/c9-5-3-1-2-4(7(10)11)6(5)8(12)13/h1-3,12-13H,(H,10,11). The van der Waals surface area contributed by atoms with Crippen molar-refractivity contribution in [3.63, 3.8) is 0 Å². The molecular weight excluding hydrogens is 178 g/mol. The Morgan fingerprint density at radius 3 is 2.38 bits per heavy atom. The van der Waals surface area contributed by atoms with Crippen molar-refractivity contribution in [3.8, 4) is 0 Å². The monoisotopic (exact) mass is 184 g/mol. The zero-order valence-corrected chi connectivity index (χ0v) is 6.44. The molecule has 3 N–H and O–H groups in total. The first kappa shape index (κ1) is 9.69. The Hall–Kier alpha value is -1.40. The van der Waals surface area contributed by atoms with Crippen LogP contribution in [0.4, 0.5) is 4.39 Å². The molecule has 0 unspecified atom stereocenters. The molecule has 0 aliphatic heterocycles. The van der Waals surface area contributed by atoms with Gasteiger partial charge in [0.2, 0.25) is 0 Å². The van der Waals surface area contributed by atoms with E-state index in [0.717, 1.165) is 12.1 Å². The van der Waals surface area contributed by atoms with Gasteiger partial charge < -0.3 is 15.2 Å². The van der Waals surface area contributed by atoms with E-state index >= 15 is 0 Å². The van der Waals surface area contributed by atoms with Gasteiger partial charge in [-0.1, -0.05) is 6.07 Å². The molecule has 0 spiro atoms. The Kier molecular flexibility index (Phi) is 2.65. The maximum Gasteiger partial charge on any atom is 0.492 e. The first-order valence-electron chi connectivity index (χ1n) is 3.42. The van der Waals surface area contributed by atoms with Crippen molar-refractivity contribution in [2.24, 2.45) is 0 Å². The highest BCUT2D eigenvalue weighted by Crippen LogP contribution is 2.01. The maximum absolute atomic E-state index is 12.9. The third kappa shape index (κ3) is 1.85. The molecule has 1 rings (SSSR count). The minimum Gasteiger partial charge on any atom is -0.478 e. The van der Waals surface area contributed by atoms with Crippen molar-refractivity contribution in [2.75, 3.05) is 0 Å². The van der Waals surface area contributed by atoms with Crippen LogP contribution in [0, 0.1) is 5.82 Å². The van der Waals surface area contributed by atoms with E-state index in [9.17, 15) is 9.18 Å². The van der Waals surface area contributed by atoms with Crippen LogP contribution in [0.3, 0.4) is 0 Å². The second-order valence-electron chi connectivity index (χ2n) is 2.38. The van der Waals surface area contributed by atoms with Gasteiger partial charge in [-0.3, -0.25) is 0 Å². The molecule has 6 heteroatoms. The molecule has 0 fully saturated rings. The highest BCUT2D eigenvalue weighted by Gasteiger charge is 2.23. The van der Waals surface area contributed by atoms with Gasteiger partial charge in [-0.2, -0.15) is 0 Å². The highest BCUT2D eigenvalue weighted by atomic mass is 19.1. The first-order chi connectivity index (χ1) is 6.04. The van der Waals surface area contributed by atoms with E-state index in [2.05, 4.69) is 0 Å². The Bertz CT molecular complexity index is 339. The van der Waals surface area contributed by atoms with Crippen LogP contribution in [0.1, 0.15) is 10.4 Å². The smallest absolute Gasteiger partial charge is 0.478 e. The van der Waals surface area contributed by atoms with Gasteiger partial charge in [0.1, 0.15) is 5.82 Å². The molecule has 1 aromatic rings. The van der Waals surface area contributed by atoms with E-state index < -0.39 is 29.9 Å². The van der Waals surface area contributed by atoms with Gasteiger partial charge >= 0.3 is 13.1 Å². The molecule has 0 aliphatic rings. The van der Waals surface area contributed by atoms with Gasteiger partial charge in [0, 0.05) is 5.46 Å². The number of halogens is 1. The average molecular weight is 184 g/mol. The first-order valence-corrected chi connectivity index (χ1v) is 3.42. The summed E-state index contributed by atoms with van der Waals surface area (Å²) in [6.45, 7) is 0. The van der Waals surface area contributed by atoms with Gasteiger partial charge in [0.15, 0.2) is 0 Å². The summed E-state index contributed by atoms with van der Waals surface area (Å²) in [5, 5.41) is 25.9. The number of hydrogen-bond acceptors (Lipinski definition) is 3. The second kappa shape index (κ2) is 3.55. The highest BCUT2D eigenvalue weighted by molar-refractivity contribution is 6.60. The third-order valence-corrected chi connectivity index (χ3v) is 1.54. The quantitative estimate of drug-likeness (QED) is 0.526. The summed E-state index contributed by atoms with van der Waals surface area (Å²) in [6, 6.07) is 3.24. The zero-order chi connectivity index (χ0) is 10.0. The van der Waals surface area contributed by atoms with Crippen LogP contribution < -0.4 is 5.46 Å². The molecule has 68 valence electrons. The Morgan fingerprint density at radius 1 is 1.38 bits per heavy atom. The molecule has 0 amide bonds. The van der Waals surface area contributed by atoms with E-state index in [1.807, 2.05) is 0 Å². The van der Waals surface area contributed by atoms with Crippen molar-refractivity contribution in [3.05, 3.63) is 29.6 Å². The summed E-state index contributed by atoms with van der Waals surface area (Å²) in [7, 11) is -2.12. The topological polar surface area (TPSA) is 77.8 Å². The maximum atomic E-state index is 12.9. The van der Waals surface area contributed by atoms with Crippen LogP contribution in [0.15, 0.2) is 18.2 Å². The summed E-state index contributed by atoms with van der Waals surface area (Å²) < 4.78 is 12.9. The van der Waals surface area contributed by atoms with Crippen molar-refractivity contribution >= 4 is 18.6 Å². The van der Waals surface area contributed by atoms with Crippen LogP contribution in [0.5, 0.6) is 0 Å². The van der Waals surface area contributed by atoms with Crippen molar-refractivity contribution < 1.29 is 24.3 Å². The molecule has 0 atom stereocenters. The zero-order valence-electron chi connectivity index (χ0n) is 6.44. The predicted molar refractivity (Wildman–Crippen MR) is 43.2 cm³/mol. The molecule has 0 radical (unpaired) electrons.